The second kappa shape index (κ2) is 6.90. The lowest BCUT2D eigenvalue weighted by Crippen LogP contribution is -2.19. The van der Waals surface area contributed by atoms with Crippen molar-refractivity contribution >= 4 is 11.8 Å². The molecule has 0 radical (unpaired) electrons. The van der Waals surface area contributed by atoms with Gasteiger partial charge >= 0.3 is 0 Å². The number of hydrogen-bond donors (Lipinski definition) is 1. The van der Waals surface area contributed by atoms with Crippen LogP contribution in [0.2, 0.25) is 0 Å². The smallest absolute Gasteiger partial charge is 0.231 e. The first-order valence-electron chi connectivity index (χ1n) is 6.43. The molecule has 1 aliphatic rings. The molecular weight excluding hydrogens is 246 g/mol. The SMILES string of the molecule is CSCCCCNC(C)c1ccc2c(c1)OCO2. The second-order valence-corrected chi connectivity index (χ2v) is 5.47. The number of unbranched alkanes of at least 4 members (excludes halogenated alkanes) is 1. The van der Waals surface area contributed by atoms with Gasteiger partial charge in [0.05, 0.1) is 0 Å². The molecule has 1 atom stereocenters. The summed E-state index contributed by atoms with van der Waals surface area (Å²) in [5.74, 6) is 2.97. The van der Waals surface area contributed by atoms with Gasteiger partial charge in [-0.15, -0.1) is 0 Å². The van der Waals surface area contributed by atoms with Gasteiger partial charge in [0, 0.05) is 6.04 Å². The molecule has 1 N–H and O–H groups in total. The van der Waals surface area contributed by atoms with Crippen LogP contribution >= 0.6 is 11.8 Å². The molecule has 4 heteroatoms. The molecule has 3 nitrogen and oxygen atoms in total. The van der Waals surface area contributed by atoms with Gasteiger partial charge in [0.25, 0.3) is 0 Å². The van der Waals surface area contributed by atoms with Crippen molar-refractivity contribution in [1.29, 1.82) is 0 Å². The van der Waals surface area contributed by atoms with E-state index in [4.69, 9.17) is 9.47 Å². The van der Waals surface area contributed by atoms with Gasteiger partial charge in [-0.05, 0) is 56.0 Å². The van der Waals surface area contributed by atoms with Crippen molar-refractivity contribution in [2.45, 2.75) is 25.8 Å². The highest BCUT2D eigenvalue weighted by atomic mass is 32.2. The van der Waals surface area contributed by atoms with Gasteiger partial charge in [-0.3, -0.25) is 0 Å². The summed E-state index contributed by atoms with van der Waals surface area (Å²) < 4.78 is 10.7. The lowest BCUT2D eigenvalue weighted by molar-refractivity contribution is 0.174. The van der Waals surface area contributed by atoms with Crippen LogP contribution < -0.4 is 14.8 Å². The molecular formula is C14H21NO2S. The van der Waals surface area contributed by atoms with E-state index in [2.05, 4.69) is 30.6 Å². The maximum atomic E-state index is 5.39. The first kappa shape index (κ1) is 13.6. The van der Waals surface area contributed by atoms with Crippen molar-refractivity contribution < 1.29 is 9.47 Å². The lowest BCUT2D eigenvalue weighted by Gasteiger charge is -2.14. The first-order chi connectivity index (χ1) is 8.81. The second-order valence-electron chi connectivity index (χ2n) is 4.49. The molecule has 0 fully saturated rings. The zero-order valence-electron chi connectivity index (χ0n) is 11.1. The first-order valence-corrected chi connectivity index (χ1v) is 7.82. The van der Waals surface area contributed by atoms with E-state index in [1.807, 2.05) is 17.8 Å². The van der Waals surface area contributed by atoms with Crippen molar-refractivity contribution in [2.24, 2.45) is 0 Å². The predicted octanol–water partition coefficient (Wildman–Crippen LogP) is 3.21. The van der Waals surface area contributed by atoms with Gasteiger partial charge in [0.2, 0.25) is 6.79 Å². The standard InChI is InChI=1S/C14H21NO2S/c1-11(15-7-3-4-8-18-2)12-5-6-13-14(9-12)17-10-16-13/h5-6,9,11,15H,3-4,7-8,10H2,1-2H3. The van der Waals surface area contributed by atoms with E-state index in [-0.39, 0.29) is 0 Å². The minimum Gasteiger partial charge on any atom is -0.454 e. The molecule has 0 aromatic heterocycles. The molecule has 0 aliphatic carbocycles. The van der Waals surface area contributed by atoms with Crippen LogP contribution in [-0.2, 0) is 0 Å². The van der Waals surface area contributed by atoms with E-state index in [0.29, 0.717) is 12.8 Å². The molecule has 0 bridgehead atoms. The van der Waals surface area contributed by atoms with Gasteiger partial charge in [-0.1, -0.05) is 6.07 Å². The minimum absolute atomic E-state index is 0.343. The molecule has 1 heterocycles. The molecule has 0 spiro atoms. The number of fused-ring (bicyclic) bond motifs is 1. The fraction of sp³-hybridized carbons (Fsp3) is 0.571. The van der Waals surface area contributed by atoms with Gasteiger partial charge in [-0.2, -0.15) is 11.8 Å². The zero-order valence-corrected chi connectivity index (χ0v) is 11.9. The fourth-order valence-electron chi connectivity index (χ4n) is 1.99. The van der Waals surface area contributed by atoms with E-state index in [1.165, 1.54) is 24.2 Å². The van der Waals surface area contributed by atoms with Gasteiger partial charge < -0.3 is 14.8 Å². The Kier molecular flexibility index (Phi) is 5.20. The Morgan fingerprint density at radius 2 is 2.11 bits per heavy atom. The Balaban J connectivity index is 1.80. The van der Waals surface area contributed by atoms with Crippen LogP contribution in [0.15, 0.2) is 18.2 Å². The maximum absolute atomic E-state index is 5.39. The average molecular weight is 267 g/mol. The van der Waals surface area contributed by atoms with Gasteiger partial charge in [0.1, 0.15) is 0 Å². The molecule has 0 amide bonds. The molecule has 1 unspecified atom stereocenters. The molecule has 18 heavy (non-hydrogen) atoms. The summed E-state index contributed by atoms with van der Waals surface area (Å²) in [6.07, 6.45) is 4.67. The normalized spacial score (nSPS) is 14.8. The maximum Gasteiger partial charge on any atom is 0.231 e. The van der Waals surface area contributed by atoms with Crippen LogP contribution in [0.5, 0.6) is 11.5 Å². The van der Waals surface area contributed by atoms with Crippen LogP contribution in [0.4, 0.5) is 0 Å². The van der Waals surface area contributed by atoms with Crippen molar-refractivity contribution in [3.05, 3.63) is 23.8 Å². The van der Waals surface area contributed by atoms with E-state index in [1.54, 1.807) is 0 Å². The molecule has 1 aromatic carbocycles. The Morgan fingerprint density at radius 1 is 1.28 bits per heavy atom. The summed E-state index contributed by atoms with van der Waals surface area (Å²) >= 11 is 1.91. The third kappa shape index (κ3) is 3.56. The number of thioether (sulfide) groups is 1. The molecule has 1 aromatic rings. The van der Waals surface area contributed by atoms with Crippen molar-refractivity contribution in [3.63, 3.8) is 0 Å². The summed E-state index contributed by atoms with van der Waals surface area (Å²) in [6, 6.07) is 6.52. The van der Waals surface area contributed by atoms with E-state index < -0.39 is 0 Å². The molecule has 1 aliphatic heterocycles. The third-order valence-corrected chi connectivity index (χ3v) is 3.82. The largest absolute Gasteiger partial charge is 0.454 e. The molecule has 100 valence electrons. The van der Waals surface area contributed by atoms with Gasteiger partial charge in [0.15, 0.2) is 11.5 Å². The average Bonchev–Trinajstić information content (AvgIpc) is 2.85. The van der Waals surface area contributed by atoms with Crippen LogP contribution in [0.1, 0.15) is 31.4 Å². The Bertz CT molecular complexity index is 384. The summed E-state index contributed by atoms with van der Waals surface area (Å²) in [5.41, 5.74) is 1.25. The van der Waals surface area contributed by atoms with E-state index in [9.17, 15) is 0 Å². The third-order valence-electron chi connectivity index (χ3n) is 3.12. The highest BCUT2D eigenvalue weighted by Gasteiger charge is 2.15. The monoisotopic (exact) mass is 267 g/mol. The van der Waals surface area contributed by atoms with Crippen molar-refractivity contribution in [1.82, 2.24) is 5.32 Å². The Morgan fingerprint density at radius 3 is 2.94 bits per heavy atom. The van der Waals surface area contributed by atoms with Gasteiger partial charge in [-0.25, -0.2) is 0 Å². The van der Waals surface area contributed by atoms with Crippen LogP contribution in [0.25, 0.3) is 0 Å². The minimum atomic E-state index is 0.343. The van der Waals surface area contributed by atoms with Crippen LogP contribution in [-0.4, -0.2) is 25.3 Å². The summed E-state index contributed by atoms with van der Waals surface area (Å²) in [5, 5.41) is 3.54. The van der Waals surface area contributed by atoms with E-state index in [0.717, 1.165) is 18.0 Å². The number of ether oxygens (including phenoxy) is 2. The topological polar surface area (TPSA) is 30.5 Å². The van der Waals surface area contributed by atoms with Crippen molar-refractivity contribution in [2.75, 3.05) is 25.3 Å². The molecule has 0 saturated heterocycles. The predicted molar refractivity (Wildman–Crippen MR) is 76.6 cm³/mol. The van der Waals surface area contributed by atoms with Crippen LogP contribution in [0.3, 0.4) is 0 Å². The number of benzene rings is 1. The summed E-state index contributed by atoms with van der Waals surface area (Å²) in [7, 11) is 0. The lowest BCUT2D eigenvalue weighted by atomic mass is 10.1. The Labute approximate surface area is 113 Å². The van der Waals surface area contributed by atoms with E-state index >= 15 is 0 Å². The van der Waals surface area contributed by atoms with Crippen molar-refractivity contribution in [3.8, 4) is 11.5 Å². The summed E-state index contributed by atoms with van der Waals surface area (Å²) in [4.78, 5) is 0. The molecule has 0 saturated carbocycles. The highest BCUT2D eigenvalue weighted by Crippen LogP contribution is 2.34. The van der Waals surface area contributed by atoms with Crippen LogP contribution in [0, 0.1) is 0 Å². The number of nitrogens with one attached hydrogen (secondary N) is 1. The Hall–Kier alpha value is -0.870. The quantitative estimate of drug-likeness (QED) is 0.768. The zero-order chi connectivity index (χ0) is 12.8. The molecule has 2 rings (SSSR count). The summed E-state index contributed by atoms with van der Waals surface area (Å²) in [6.45, 7) is 3.59. The number of hydrogen-bond acceptors (Lipinski definition) is 4. The fourth-order valence-corrected chi connectivity index (χ4v) is 2.48. The highest BCUT2D eigenvalue weighted by molar-refractivity contribution is 7.98. The number of rotatable bonds is 7.